The van der Waals surface area contributed by atoms with E-state index in [1.165, 1.54) is 6.20 Å². The Hall–Kier alpha value is -8.05. The first-order valence-corrected chi connectivity index (χ1v) is 26.9. The molecule has 0 bridgehead atoms. The number of nitrogens with one attached hydrogen (secondary N) is 4. The van der Waals surface area contributed by atoms with Crippen LogP contribution in [-0.2, 0) is 9.53 Å². The van der Waals surface area contributed by atoms with Crippen LogP contribution in [0.3, 0.4) is 0 Å². The summed E-state index contributed by atoms with van der Waals surface area (Å²) in [6.45, 7) is 17.0. The Morgan fingerprint density at radius 3 is 1.61 bits per heavy atom. The van der Waals surface area contributed by atoms with Crippen molar-refractivity contribution in [2.24, 2.45) is 10.8 Å². The minimum Gasteiger partial charge on any atom is -0.489 e. The van der Waals surface area contributed by atoms with E-state index in [-0.39, 0.29) is 54.1 Å². The number of fused-ring (bicyclic) bond motifs is 4. The second-order valence-corrected chi connectivity index (χ2v) is 24.7. The largest absolute Gasteiger partial charge is 0.489 e. The summed E-state index contributed by atoms with van der Waals surface area (Å²) < 4.78 is 27.6. The normalized spacial score (nSPS) is 22.2. The van der Waals surface area contributed by atoms with Gasteiger partial charge in [0.15, 0.2) is 5.75 Å². The number of hydrogen-bond donors (Lipinski definition) is 6. The van der Waals surface area contributed by atoms with Crippen molar-refractivity contribution in [3.8, 4) is 17.2 Å². The molecule has 23 heteroatoms. The Morgan fingerprint density at radius 1 is 0.675 bits per heavy atom. The van der Waals surface area contributed by atoms with Crippen LogP contribution < -0.4 is 36.2 Å². The molecule has 2 amide bonds. The van der Waals surface area contributed by atoms with E-state index in [9.17, 15) is 34.2 Å². The van der Waals surface area contributed by atoms with E-state index >= 15 is 0 Å². The van der Waals surface area contributed by atoms with Crippen LogP contribution >= 0.6 is 0 Å². The van der Waals surface area contributed by atoms with Gasteiger partial charge in [0.25, 0.3) is 12.4 Å². The van der Waals surface area contributed by atoms with Crippen LogP contribution in [0.15, 0.2) is 83.2 Å². The van der Waals surface area contributed by atoms with E-state index in [4.69, 9.17) is 18.9 Å². The van der Waals surface area contributed by atoms with Gasteiger partial charge in [0.1, 0.15) is 35.8 Å². The zero-order chi connectivity index (χ0) is 57.1. The molecule has 80 heavy (non-hydrogen) atoms. The van der Waals surface area contributed by atoms with Crippen molar-refractivity contribution in [1.82, 2.24) is 59.1 Å². The third-order valence-electron chi connectivity index (χ3n) is 15.5. The lowest BCUT2D eigenvalue weighted by Crippen LogP contribution is -2.56. The van der Waals surface area contributed by atoms with Crippen LogP contribution in [0.4, 0.5) is 4.79 Å². The number of hydrogen-bond acceptors (Lipinski definition) is 15. The first kappa shape index (κ1) is 55.3. The molecule has 0 atom stereocenters. The van der Waals surface area contributed by atoms with Crippen molar-refractivity contribution >= 4 is 40.5 Å². The number of amides is 2. The molecule has 8 aromatic heterocycles. The predicted molar refractivity (Wildman–Crippen MR) is 293 cm³/mol. The Kier molecular flexibility index (Phi) is 14.4. The van der Waals surface area contributed by atoms with Gasteiger partial charge in [-0.05, 0) is 172 Å². The van der Waals surface area contributed by atoms with Gasteiger partial charge in [-0.3, -0.25) is 18.4 Å². The Balaban J connectivity index is 0.000000144. The van der Waals surface area contributed by atoms with Crippen LogP contribution in [-0.4, -0.2) is 119 Å². The van der Waals surface area contributed by atoms with Crippen LogP contribution in [0.25, 0.3) is 22.1 Å². The third kappa shape index (κ3) is 11.8. The number of H-pyrrole nitrogens is 2. The number of aryl methyl sites for hydroxylation is 2. The zero-order valence-electron chi connectivity index (χ0n) is 46.5. The number of nitrogens with zero attached hydrogens (tertiary/aromatic N) is 8. The smallest absolute Gasteiger partial charge is 0.407 e. The topological polar surface area (TPSA) is 288 Å². The molecule has 0 aromatic carbocycles. The lowest BCUT2D eigenvalue weighted by molar-refractivity contribution is -0.120. The maximum absolute atomic E-state index is 13.0. The average molecular weight is 1100 g/mol. The average Bonchev–Trinajstić information content (AvgIpc) is 4.05. The summed E-state index contributed by atoms with van der Waals surface area (Å²) in [5, 5.41) is 47.8. The quantitative estimate of drug-likeness (QED) is 0.0673. The molecule has 4 saturated carbocycles. The van der Waals surface area contributed by atoms with Gasteiger partial charge in [0.05, 0.1) is 69.5 Å². The van der Waals surface area contributed by atoms with Gasteiger partial charge < -0.3 is 39.8 Å². The summed E-state index contributed by atoms with van der Waals surface area (Å²) in [6, 6.07) is 11.3. The maximum atomic E-state index is 13.0. The van der Waals surface area contributed by atoms with E-state index in [0.717, 1.165) is 84.9 Å². The molecule has 0 aliphatic heterocycles. The van der Waals surface area contributed by atoms with Crippen molar-refractivity contribution in [2.75, 3.05) is 13.2 Å². The van der Waals surface area contributed by atoms with E-state index in [2.05, 4.69) is 41.2 Å². The number of pyridine rings is 2. The highest BCUT2D eigenvalue weighted by Crippen LogP contribution is 2.63. The number of carbonyl (C=O) groups excluding carboxylic acids is 3. The highest BCUT2D eigenvalue weighted by molar-refractivity contribution is 6.00. The number of alkyl carbamates (subject to hydrolysis) is 1. The second-order valence-electron chi connectivity index (χ2n) is 24.7. The number of ether oxygens (including phenoxy) is 4. The molecule has 6 N–H and O–H groups in total. The zero-order valence-corrected chi connectivity index (χ0v) is 46.5. The summed E-state index contributed by atoms with van der Waals surface area (Å²) in [7, 11) is 0. The fourth-order valence-corrected chi connectivity index (χ4v) is 11.9. The van der Waals surface area contributed by atoms with Crippen LogP contribution in [0.5, 0.6) is 17.2 Å². The van der Waals surface area contributed by atoms with Gasteiger partial charge in [0.2, 0.25) is 0 Å². The minimum atomic E-state index is -0.936. The van der Waals surface area contributed by atoms with Crippen LogP contribution in [0.2, 0.25) is 0 Å². The van der Waals surface area contributed by atoms with Crippen molar-refractivity contribution < 1.29 is 43.5 Å². The summed E-state index contributed by atoms with van der Waals surface area (Å²) in [5.41, 5.74) is 5.69. The van der Waals surface area contributed by atoms with Crippen molar-refractivity contribution in [2.45, 2.75) is 154 Å². The molecule has 424 valence electrons. The molecule has 23 nitrogen and oxygen atoms in total. The van der Waals surface area contributed by atoms with Gasteiger partial charge in [0, 0.05) is 36.3 Å². The Labute approximate surface area is 460 Å². The minimum absolute atomic E-state index is 0.126. The van der Waals surface area contributed by atoms with Gasteiger partial charge in [-0.1, -0.05) is 0 Å². The van der Waals surface area contributed by atoms with Gasteiger partial charge in [-0.25, -0.2) is 33.6 Å². The van der Waals surface area contributed by atoms with E-state index < -0.39 is 16.8 Å². The molecule has 12 rings (SSSR count). The highest BCUT2D eigenvalue weighted by atomic mass is 16.6. The number of carbonyl (C=O) groups is 3. The van der Waals surface area contributed by atoms with Gasteiger partial charge in [-0.2, -0.15) is 20.4 Å². The predicted octanol–water partition coefficient (Wildman–Crippen LogP) is 6.49. The number of aliphatic hydroxyl groups is 2. The molecule has 0 unspecified atom stereocenters. The molecule has 0 saturated heterocycles. The van der Waals surface area contributed by atoms with Crippen molar-refractivity contribution in [3.63, 3.8) is 0 Å². The molecule has 8 heterocycles. The highest BCUT2D eigenvalue weighted by Gasteiger charge is 2.55. The summed E-state index contributed by atoms with van der Waals surface area (Å²) in [6.07, 6.45) is 17.7. The third-order valence-corrected chi connectivity index (χ3v) is 15.5. The Morgan fingerprint density at radius 2 is 1.14 bits per heavy atom. The van der Waals surface area contributed by atoms with Crippen molar-refractivity contribution in [1.29, 1.82) is 0 Å². The molecule has 4 fully saturated rings. The molecular formula is C57H70N12O11. The summed E-state index contributed by atoms with van der Waals surface area (Å²) in [5.74, 6) is 2.10. The van der Waals surface area contributed by atoms with E-state index in [1.807, 2.05) is 52.8 Å². The fourth-order valence-electron chi connectivity index (χ4n) is 11.9. The maximum Gasteiger partial charge on any atom is 0.407 e. The lowest BCUT2D eigenvalue weighted by atomic mass is 9.49. The fraction of sp³-hybridized carbons (Fsp3) is 0.491. The molecule has 8 aromatic rings. The summed E-state index contributed by atoms with van der Waals surface area (Å²) >= 11 is 0. The second kappa shape index (κ2) is 20.9. The lowest BCUT2D eigenvalue weighted by Gasteiger charge is -2.57. The van der Waals surface area contributed by atoms with E-state index in [1.54, 1.807) is 94.7 Å². The first-order valence-electron chi connectivity index (χ1n) is 26.9. The molecular weight excluding hydrogens is 1030 g/mol. The molecule has 2 spiro atoms. The Bertz CT molecular complexity index is 3720. The molecule has 4 aliphatic rings. The number of rotatable bonds is 13. The molecule has 0 radical (unpaired) electrons. The number of aromatic nitrogens is 10. The standard InChI is InChI=1S/C26H30N6O4.C19H26N4O3.C12H14N2O4/c1-15-6-7-31-22(15)21(29-30-24(31)34)16-8-26(9-16)10-17(11-26)28-23(33)19-12-27-32-13-18(4-5-20(19)32)36-14-25(2,3)35;1-11-5-6-23-15(11)14(21-22-16(23)24)12-7-19(8-12)9-13(10-19)20-17(25)26-18(2,3)4;1-12(2,16)7-17-9-3-4-10-11(18-8-15)5-13-14(10)6-9/h4-7,12-13,16-17,35H,8-11,14H2,1-3H3,(H,28,33)(H,30,34);5-6,12-13H,7-10H2,1-4H3,(H,20,25)(H,22,24);3-6,8,16H,7H2,1-2H3. The van der Waals surface area contributed by atoms with Crippen molar-refractivity contribution in [3.05, 3.63) is 123 Å². The number of aromatic amines is 2. The summed E-state index contributed by atoms with van der Waals surface area (Å²) in [4.78, 5) is 59.1. The first-order chi connectivity index (χ1) is 37.8. The SMILES string of the molecule is CC(C)(O)COc1ccc2c(OC=O)cnn2c1.Cc1ccn2c(=O)[nH]nc(C3CC4(CC(NC(=O)OC(C)(C)C)C4)C3)c12.Cc1ccn2c(=O)[nH]nc(C3CC4(CC(NC(=O)c5cnn6cc(OCC(C)(C)O)ccc56)C4)C3)c12. The monoisotopic (exact) mass is 1100 g/mol. The van der Waals surface area contributed by atoms with Gasteiger partial charge in [-0.15, -0.1) is 0 Å². The van der Waals surface area contributed by atoms with E-state index in [0.29, 0.717) is 57.6 Å². The molecule has 4 aliphatic carbocycles. The van der Waals surface area contributed by atoms with Crippen LogP contribution in [0.1, 0.15) is 145 Å². The van der Waals surface area contributed by atoms with Gasteiger partial charge >= 0.3 is 17.5 Å². The van der Waals surface area contributed by atoms with Crippen LogP contribution in [0, 0.1) is 24.7 Å².